The number of pyridine rings is 1. The van der Waals surface area contributed by atoms with Gasteiger partial charge >= 0.3 is 0 Å². The van der Waals surface area contributed by atoms with E-state index in [1.165, 1.54) is 18.0 Å². The Hall–Kier alpha value is -1.62. The molecule has 0 aromatic carbocycles. The number of hydrogen-bond acceptors (Lipinski definition) is 3. The van der Waals surface area contributed by atoms with Crippen molar-refractivity contribution in [2.24, 2.45) is 0 Å². The molecular formula is C14H20ClN3O2. The summed E-state index contributed by atoms with van der Waals surface area (Å²) in [7, 11) is 3.10. The lowest BCUT2D eigenvalue weighted by atomic mass is 9.91. The molecule has 1 aromatic rings. The molecule has 0 fully saturated rings. The second-order valence-electron chi connectivity index (χ2n) is 5.65. The Labute approximate surface area is 124 Å². The maximum atomic E-state index is 12.3. The minimum Gasteiger partial charge on any atom is -0.358 e. The van der Waals surface area contributed by atoms with Crippen molar-refractivity contribution in [3.8, 4) is 0 Å². The van der Waals surface area contributed by atoms with Gasteiger partial charge in [0.1, 0.15) is 5.15 Å². The van der Waals surface area contributed by atoms with Crippen LogP contribution in [0.2, 0.25) is 5.15 Å². The fraction of sp³-hybridized carbons (Fsp3) is 0.500. The lowest BCUT2D eigenvalue weighted by Crippen LogP contribution is -2.37. The molecule has 110 valence electrons. The summed E-state index contributed by atoms with van der Waals surface area (Å²) in [6.07, 6.45) is 0. The summed E-state index contributed by atoms with van der Waals surface area (Å²) in [4.78, 5) is 29.2. The number of nitrogens with zero attached hydrogens (tertiary/aromatic N) is 2. The molecule has 6 heteroatoms. The molecule has 0 unspecified atom stereocenters. The van der Waals surface area contributed by atoms with Crippen LogP contribution in [0.15, 0.2) is 12.1 Å². The molecule has 0 saturated carbocycles. The van der Waals surface area contributed by atoms with E-state index >= 15 is 0 Å². The van der Waals surface area contributed by atoms with Crippen molar-refractivity contribution >= 4 is 23.4 Å². The van der Waals surface area contributed by atoms with Crippen LogP contribution in [0.5, 0.6) is 0 Å². The molecule has 1 rings (SSSR count). The van der Waals surface area contributed by atoms with Crippen molar-refractivity contribution in [1.82, 2.24) is 15.2 Å². The van der Waals surface area contributed by atoms with Crippen molar-refractivity contribution in [3.63, 3.8) is 0 Å². The Kier molecular flexibility index (Phi) is 5.11. The first-order chi connectivity index (χ1) is 9.15. The average molecular weight is 298 g/mol. The van der Waals surface area contributed by atoms with E-state index in [-0.39, 0.29) is 28.9 Å². The quantitative estimate of drug-likeness (QED) is 0.866. The van der Waals surface area contributed by atoms with Gasteiger partial charge in [-0.3, -0.25) is 9.59 Å². The van der Waals surface area contributed by atoms with Gasteiger partial charge in [0.15, 0.2) is 0 Å². The third-order valence-corrected chi connectivity index (χ3v) is 3.01. The number of halogens is 1. The van der Waals surface area contributed by atoms with Gasteiger partial charge in [-0.2, -0.15) is 0 Å². The first-order valence-corrected chi connectivity index (χ1v) is 6.67. The summed E-state index contributed by atoms with van der Waals surface area (Å²) >= 11 is 5.98. The molecule has 1 heterocycles. The molecule has 0 spiro atoms. The molecule has 0 radical (unpaired) electrons. The highest BCUT2D eigenvalue weighted by Crippen LogP contribution is 2.23. The van der Waals surface area contributed by atoms with Crippen LogP contribution in [0.3, 0.4) is 0 Å². The minimum absolute atomic E-state index is 0.000125. The van der Waals surface area contributed by atoms with Crippen molar-refractivity contribution < 1.29 is 9.59 Å². The predicted octanol–water partition coefficient (Wildman–Crippen LogP) is 1.85. The van der Waals surface area contributed by atoms with Gasteiger partial charge in [-0.15, -0.1) is 0 Å². The Morgan fingerprint density at radius 1 is 1.35 bits per heavy atom. The van der Waals surface area contributed by atoms with Crippen molar-refractivity contribution in [2.75, 3.05) is 20.6 Å². The normalized spacial score (nSPS) is 11.1. The molecule has 5 nitrogen and oxygen atoms in total. The Morgan fingerprint density at radius 2 is 1.95 bits per heavy atom. The van der Waals surface area contributed by atoms with E-state index in [1.54, 1.807) is 13.1 Å². The third-order valence-electron chi connectivity index (χ3n) is 2.82. The topological polar surface area (TPSA) is 62.3 Å². The molecule has 0 aliphatic heterocycles. The van der Waals surface area contributed by atoms with E-state index in [0.717, 1.165) is 5.69 Å². The van der Waals surface area contributed by atoms with Crippen LogP contribution in [0.1, 0.15) is 36.8 Å². The maximum absolute atomic E-state index is 12.3. The summed E-state index contributed by atoms with van der Waals surface area (Å²) in [5.74, 6) is -0.486. The number of likely N-dealkylation sites (N-methyl/N-ethyl adjacent to an activating group) is 2. The Bertz CT molecular complexity index is 524. The van der Waals surface area contributed by atoms with Crippen LogP contribution in [0.4, 0.5) is 0 Å². The van der Waals surface area contributed by atoms with E-state index < -0.39 is 0 Å². The van der Waals surface area contributed by atoms with Gasteiger partial charge in [-0.1, -0.05) is 32.4 Å². The summed E-state index contributed by atoms with van der Waals surface area (Å²) in [5.41, 5.74) is 0.960. The van der Waals surface area contributed by atoms with Crippen LogP contribution in [-0.4, -0.2) is 42.3 Å². The Balaban J connectivity index is 3.04. The molecule has 20 heavy (non-hydrogen) atoms. The van der Waals surface area contributed by atoms with Crippen molar-refractivity contribution in [2.45, 2.75) is 26.2 Å². The van der Waals surface area contributed by atoms with Gasteiger partial charge in [-0.25, -0.2) is 4.98 Å². The number of rotatable bonds is 3. The van der Waals surface area contributed by atoms with Gasteiger partial charge in [0, 0.05) is 30.8 Å². The smallest absolute Gasteiger partial charge is 0.254 e. The molecule has 0 aliphatic carbocycles. The number of nitrogens with one attached hydrogen (secondary N) is 1. The lowest BCUT2D eigenvalue weighted by molar-refractivity contribution is -0.121. The first-order valence-electron chi connectivity index (χ1n) is 6.29. The predicted molar refractivity (Wildman–Crippen MR) is 79.0 cm³/mol. The highest BCUT2D eigenvalue weighted by atomic mass is 35.5. The van der Waals surface area contributed by atoms with Crippen LogP contribution < -0.4 is 5.32 Å². The standard InChI is InChI=1S/C14H20ClN3O2/c1-14(2,3)10-6-9(7-11(15)17-10)13(20)18(5)8-12(19)16-4/h6-7H,8H2,1-5H3,(H,16,19). The maximum Gasteiger partial charge on any atom is 0.254 e. The molecule has 0 aliphatic rings. The second-order valence-corrected chi connectivity index (χ2v) is 6.04. The fourth-order valence-electron chi connectivity index (χ4n) is 1.59. The average Bonchev–Trinajstić information content (AvgIpc) is 2.35. The number of hydrogen-bond donors (Lipinski definition) is 1. The second kappa shape index (κ2) is 6.22. The van der Waals surface area contributed by atoms with E-state index in [9.17, 15) is 9.59 Å². The van der Waals surface area contributed by atoms with E-state index in [0.29, 0.717) is 5.56 Å². The molecule has 0 bridgehead atoms. The third kappa shape index (κ3) is 4.20. The summed E-state index contributed by atoms with van der Waals surface area (Å²) in [6, 6.07) is 3.23. The summed E-state index contributed by atoms with van der Waals surface area (Å²) in [5, 5.41) is 2.75. The van der Waals surface area contributed by atoms with Crippen LogP contribution >= 0.6 is 11.6 Å². The van der Waals surface area contributed by atoms with E-state index in [2.05, 4.69) is 10.3 Å². The minimum atomic E-state index is -0.261. The zero-order chi connectivity index (χ0) is 15.5. The number of carbonyl (C=O) groups excluding carboxylic acids is 2. The molecule has 0 saturated heterocycles. The molecular weight excluding hydrogens is 278 g/mol. The van der Waals surface area contributed by atoms with Gasteiger partial charge < -0.3 is 10.2 Å². The first kappa shape index (κ1) is 16.4. The summed E-state index contributed by atoms with van der Waals surface area (Å²) in [6.45, 7) is 5.98. The zero-order valence-electron chi connectivity index (χ0n) is 12.5. The van der Waals surface area contributed by atoms with Gasteiger partial charge in [0.2, 0.25) is 5.91 Å². The monoisotopic (exact) mass is 297 g/mol. The van der Waals surface area contributed by atoms with E-state index in [4.69, 9.17) is 11.6 Å². The largest absolute Gasteiger partial charge is 0.358 e. The highest BCUT2D eigenvalue weighted by Gasteiger charge is 2.21. The zero-order valence-corrected chi connectivity index (χ0v) is 13.2. The Morgan fingerprint density at radius 3 is 2.45 bits per heavy atom. The number of amides is 2. The highest BCUT2D eigenvalue weighted by molar-refractivity contribution is 6.29. The lowest BCUT2D eigenvalue weighted by Gasteiger charge is -2.20. The van der Waals surface area contributed by atoms with Gasteiger partial charge in [0.05, 0.1) is 6.54 Å². The number of carbonyl (C=O) groups is 2. The molecule has 0 atom stereocenters. The van der Waals surface area contributed by atoms with Crippen molar-refractivity contribution in [1.29, 1.82) is 0 Å². The fourth-order valence-corrected chi connectivity index (χ4v) is 1.80. The summed E-state index contributed by atoms with van der Waals surface area (Å²) < 4.78 is 0. The van der Waals surface area contributed by atoms with E-state index in [1.807, 2.05) is 20.8 Å². The van der Waals surface area contributed by atoms with Gasteiger partial charge in [0.25, 0.3) is 5.91 Å². The SMILES string of the molecule is CNC(=O)CN(C)C(=O)c1cc(Cl)nc(C(C)(C)C)c1. The van der Waals surface area contributed by atoms with Crippen LogP contribution in [-0.2, 0) is 10.2 Å². The molecule has 1 N–H and O–H groups in total. The number of aromatic nitrogens is 1. The van der Waals surface area contributed by atoms with Crippen molar-refractivity contribution in [3.05, 3.63) is 28.5 Å². The molecule has 2 amide bonds. The molecule has 1 aromatic heterocycles. The van der Waals surface area contributed by atoms with Crippen LogP contribution in [0, 0.1) is 0 Å². The van der Waals surface area contributed by atoms with Crippen LogP contribution in [0.25, 0.3) is 0 Å². The van der Waals surface area contributed by atoms with Gasteiger partial charge in [-0.05, 0) is 12.1 Å².